The molecule has 1 amide bonds. The van der Waals surface area contributed by atoms with Crippen LogP contribution in [-0.2, 0) is 9.53 Å². The van der Waals surface area contributed by atoms with E-state index in [-0.39, 0.29) is 18.0 Å². The number of carbonyl (C=O) groups is 1. The van der Waals surface area contributed by atoms with Crippen LogP contribution in [0.2, 0.25) is 0 Å². The Balaban J connectivity index is 2.17. The topological polar surface area (TPSA) is 50.4 Å². The normalized spacial score (nSPS) is 18.4. The van der Waals surface area contributed by atoms with Crippen LogP contribution in [0.1, 0.15) is 32.6 Å². The van der Waals surface area contributed by atoms with Crippen molar-refractivity contribution in [1.82, 2.24) is 10.6 Å². The zero-order valence-electron chi connectivity index (χ0n) is 10.5. The number of nitrogens with one attached hydrogen (secondary N) is 2. The smallest absolute Gasteiger partial charge is 0.234 e. The van der Waals surface area contributed by atoms with Crippen LogP contribution in [-0.4, -0.2) is 37.7 Å². The van der Waals surface area contributed by atoms with Crippen LogP contribution < -0.4 is 10.6 Å². The van der Waals surface area contributed by atoms with Gasteiger partial charge in [-0.1, -0.05) is 6.92 Å². The number of carbonyl (C=O) groups excluding carboxylic acids is 1. The van der Waals surface area contributed by atoms with Crippen molar-refractivity contribution in [3.63, 3.8) is 0 Å². The number of amides is 1. The van der Waals surface area contributed by atoms with Crippen molar-refractivity contribution in [2.75, 3.05) is 19.8 Å². The first-order valence-corrected chi connectivity index (χ1v) is 6.30. The van der Waals surface area contributed by atoms with Crippen LogP contribution in [0.15, 0.2) is 0 Å². The van der Waals surface area contributed by atoms with Gasteiger partial charge in [0.05, 0.1) is 6.54 Å². The Morgan fingerprint density at radius 3 is 2.82 bits per heavy atom. The zero-order chi connectivity index (χ0) is 12.5. The highest BCUT2D eigenvalue weighted by Crippen LogP contribution is 2.05. The molecule has 96 valence electrons. The second-order valence-electron chi connectivity index (χ2n) is 4.35. The van der Waals surface area contributed by atoms with Crippen molar-refractivity contribution in [3.05, 3.63) is 0 Å². The highest BCUT2D eigenvalue weighted by molar-refractivity contribution is 5.78. The van der Waals surface area contributed by atoms with E-state index in [1.54, 1.807) is 0 Å². The fourth-order valence-electron chi connectivity index (χ4n) is 1.86. The molecule has 1 saturated heterocycles. The van der Waals surface area contributed by atoms with Gasteiger partial charge in [0.1, 0.15) is 0 Å². The van der Waals surface area contributed by atoms with E-state index >= 15 is 0 Å². The lowest BCUT2D eigenvalue weighted by Crippen LogP contribution is -2.44. The summed E-state index contributed by atoms with van der Waals surface area (Å²) in [6.45, 7) is 3.89. The molecule has 0 aliphatic carbocycles. The van der Waals surface area contributed by atoms with E-state index < -0.39 is 0 Å². The van der Waals surface area contributed by atoms with Gasteiger partial charge in [0.2, 0.25) is 5.91 Å². The van der Waals surface area contributed by atoms with Crippen molar-refractivity contribution < 1.29 is 9.53 Å². The molecule has 0 bridgehead atoms. The SMILES string of the molecule is C#CCC(CC)NCC(=O)NC1CCOCC1. The average Bonchev–Trinajstić information content (AvgIpc) is 2.35. The fourth-order valence-corrected chi connectivity index (χ4v) is 1.86. The first-order chi connectivity index (χ1) is 8.26. The summed E-state index contributed by atoms with van der Waals surface area (Å²) in [7, 11) is 0. The van der Waals surface area contributed by atoms with E-state index in [1.807, 2.05) is 0 Å². The predicted molar refractivity (Wildman–Crippen MR) is 67.5 cm³/mol. The monoisotopic (exact) mass is 238 g/mol. The molecule has 4 nitrogen and oxygen atoms in total. The molecule has 0 aromatic rings. The first-order valence-electron chi connectivity index (χ1n) is 6.30. The van der Waals surface area contributed by atoms with Crippen LogP contribution >= 0.6 is 0 Å². The van der Waals surface area contributed by atoms with Gasteiger partial charge < -0.3 is 15.4 Å². The molecule has 4 heteroatoms. The summed E-state index contributed by atoms with van der Waals surface area (Å²) in [5.41, 5.74) is 0. The number of hydrogen-bond donors (Lipinski definition) is 2. The molecule has 1 unspecified atom stereocenters. The molecular weight excluding hydrogens is 216 g/mol. The number of rotatable bonds is 6. The Morgan fingerprint density at radius 2 is 2.24 bits per heavy atom. The maximum Gasteiger partial charge on any atom is 0.234 e. The van der Waals surface area contributed by atoms with Gasteiger partial charge in [0, 0.05) is 31.7 Å². The van der Waals surface area contributed by atoms with Gasteiger partial charge in [-0.3, -0.25) is 4.79 Å². The third-order valence-electron chi connectivity index (χ3n) is 2.99. The van der Waals surface area contributed by atoms with Gasteiger partial charge in [0.15, 0.2) is 0 Å². The molecule has 1 rings (SSSR count). The minimum absolute atomic E-state index is 0.0485. The van der Waals surface area contributed by atoms with Gasteiger partial charge in [-0.2, -0.15) is 0 Å². The van der Waals surface area contributed by atoms with E-state index in [2.05, 4.69) is 23.5 Å². The summed E-state index contributed by atoms with van der Waals surface area (Å²) in [5.74, 6) is 2.66. The Bertz CT molecular complexity index is 267. The molecule has 1 fully saturated rings. The van der Waals surface area contributed by atoms with Crippen LogP contribution in [0, 0.1) is 12.3 Å². The molecule has 0 aromatic heterocycles. The Kier molecular flexibility index (Phi) is 6.68. The molecule has 1 heterocycles. The molecule has 0 saturated carbocycles. The average molecular weight is 238 g/mol. The molecule has 2 N–H and O–H groups in total. The summed E-state index contributed by atoms with van der Waals surface area (Å²) >= 11 is 0. The van der Waals surface area contributed by atoms with Crippen molar-refractivity contribution in [2.24, 2.45) is 0 Å². The van der Waals surface area contributed by atoms with Crippen LogP contribution in [0.4, 0.5) is 0 Å². The Labute approximate surface area is 103 Å². The lowest BCUT2D eigenvalue weighted by atomic mass is 10.1. The molecule has 0 spiro atoms. The van der Waals surface area contributed by atoms with E-state index in [0.29, 0.717) is 13.0 Å². The van der Waals surface area contributed by atoms with Crippen LogP contribution in [0.3, 0.4) is 0 Å². The third-order valence-corrected chi connectivity index (χ3v) is 2.99. The fraction of sp³-hybridized carbons (Fsp3) is 0.769. The largest absolute Gasteiger partial charge is 0.381 e. The van der Waals surface area contributed by atoms with Gasteiger partial charge >= 0.3 is 0 Å². The van der Waals surface area contributed by atoms with Crippen molar-refractivity contribution in [2.45, 2.75) is 44.7 Å². The second-order valence-corrected chi connectivity index (χ2v) is 4.35. The molecular formula is C13H22N2O2. The molecule has 0 radical (unpaired) electrons. The summed E-state index contributed by atoms with van der Waals surface area (Å²) in [5, 5.41) is 6.18. The summed E-state index contributed by atoms with van der Waals surface area (Å²) < 4.78 is 5.24. The standard InChI is InChI=1S/C13H22N2O2/c1-3-5-11(4-2)14-10-13(16)15-12-6-8-17-9-7-12/h1,11-12,14H,4-10H2,2H3,(H,15,16). The van der Waals surface area contributed by atoms with Crippen molar-refractivity contribution in [1.29, 1.82) is 0 Å². The summed E-state index contributed by atoms with van der Waals surface area (Å²) in [6.07, 6.45) is 8.68. The van der Waals surface area contributed by atoms with Crippen LogP contribution in [0.25, 0.3) is 0 Å². The maximum atomic E-state index is 11.7. The van der Waals surface area contributed by atoms with Gasteiger partial charge in [0.25, 0.3) is 0 Å². The van der Waals surface area contributed by atoms with Gasteiger partial charge in [-0.15, -0.1) is 12.3 Å². The Morgan fingerprint density at radius 1 is 1.53 bits per heavy atom. The van der Waals surface area contributed by atoms with Crippen molar-refractivity contribution >= 4 is 5.91 Å². The quantitative estimate of drug-likeness (QED) is 0.669. The van der Waals surface area contributed by atoms with Crippen molar-refractivity contribution in [3.8, 4) is 12.3 Å². The lowest BCUT2D eigenvalue weighted by molar-refractivity contribution is -0.121. The molecule has 1 aliphatic heterocycles. The van der Waals surface area contributed by atoms with E-state index in [1.165, 1.54) is 0 Å². The molecule has 1 aliphatic rings. The molecule has 1 atom stereocenters. The predicted octanol–water partition coefficient (Wildman–Crippen LogP) is 0.673. The number of hydrogen-bond acceptors (Lipinski definition) is 3. The summed E-state index contributed by atoms with van der Waals surface area (Å²) in [6, 6.07) is 0.506. The minimum Gasteiger partial charge on any atom is -0.381 e. The molecule has 0 aromatic carbocycles. The zero-order valence-corrected chi connectivity index (χ0v) is 10.5. The highest BCUT2D eigenvalue weighted by Gasteiger charge is 2.16. The highest BCUT2D eigenvalue weighted by atomic mass is 16.5. The minimum atomic E-state index is 0.0485. The third kappa shape index (κ3) is 5.71. The lowest BCUT2D eigenvalue weighted by Gasteiger charge is -2.23. The molecule has 17 heavy (non-hydrogen) atoms. The van der Waals surface area contributed by atoms with Gasteiger partial charge in [-0.25, -0.2) is 0 Å². The second kappa shape index (κ2) is 8.10. The van der Waals surface area contributed by atoms with Crippen LogP contribution in [0.5, 0.6) is 0 Å². The van der Waals surface area contributed by atoms with E-state index in [4.69, 9.17) is 11.2 Å². The number of ether oxygens (including phenoxy) is 1. The number of terminal acetylenes is 1. The van der Waals surface area contributed by atoms with Gasteiger partial charge in [-0.05, 0) is 19.3 Å². The first kappa shape index (κ1) is 14.0. The van der Waals surface area contributed by atoms with E-state index in [0.717, 1.165) is 32.5 Å². The maximum absolute atomic E-state index is 11.7. The summed E-state index contributed by atoms with van der Waals surface area (Å²) in [4.78, 5) is 11.7. The van der Waals surface area contributed by atoms with E-state index in [9.17, 15) is 4.79 Å². The Hall–Kier alpha value is -1.05.